The Labute approximate surface area is 136 Å². The Morgan fingerprint density at radius 1 is 1.27 bits per heavy atom. The highest BCUT2D eigenvalue weighted by Crippen LogP contribution is 2.38. The zero-order valence-corrected chi connectivity index (χ0v) is 13.6. The van der Waals surface area contributed by atoms with Crippen LogP contribution >= 0.6 is 11.6 Å². The molecule has 0 amide bonds. The third-order valence-electron chi connectivity index (χ3n) is 4.85. The predicted molar refractivity (Wildman–Crippen MR) is 90.0 cm³/mol. The molecule has 1 N–H and O–H groups in total. The van der Waals surface area contributed by atoms with E-state index in [1.54, 1.807) is 0 Å². The van der Waals surface area contributed by atoms with Crippen molar-refractivity contribution in [3.8, 4) is 5.69 Å². The van der Waals surface area contributed by atoms with E-state index in [9.17, 15) is 0 Å². The first-order chi connectivity index (χ1) is 10.8. The second-order valence-corrected chi connectivity index (χ2v) is 6.65. The summed E-state index contributed by atoms with van der Waals surface area (Å²) in [6, 6.07) is 8.36. The topological polar surface area (TPSA) is 33.1 Å². The summed E-state index contributed by atoms with van der Waals surface area (Å²) in [7, 11) is 2.22. The lowest BCUT2D eigenvalue weighted by Gasteiger charge is -2.31. The Hall–Kier alpha value is -1.52. The van der Waals surface area contributed by atoms with Gasteiger partial charge in [0.15, 0.2) is 0 Å². The maximum absolute atomic E-state index is 6.39. The van der Waals surface area contributed by atoms with Crippen molar-refractivity contribution in [1.82, 2.24) is 14.7 Å². The second kappa shape index (κ2) is 5.60. The van der Waals surface area contributed by atoms with Crippen LogP contribution in [0.3, 0.4) is 0 Å². The highest BCUT2D eigenvalue weighted by Gasteiger charge is 2.31. The molecule has 0 radical (unpaired) electrons. The van der Waals surface area contributed by atoms with Gasteiger partial charge >= 0.3 is 0 Å². The average molecular weight is 317 g/mol. The van der Waals surface area contributed by atoms with Gasteiger partial charge in [-0.1, -0.05) is 30.2 Å². The Balaban J connectivity index is 1.82. The number of nitrogens with one attached hydrogen (secondary N) is 1. The van der Waals surface area contributed by atoms with Gasteiger partial charge in [0.25, 0.3) is 0 Å². The lowest BCUT2D eigenvalue weighted by atomic mass is 9.97. The molecule has 116 valence electrons. The average Bonchev–Trinajstić information content (AvgIpc) is 3.11. The lowest BCUT2D eigenvalue weighted by Crippen LogP contribution is -2.30. The van der Waals surface area contributed by atoms with E-state index < -0.39 is 0 Å². The van der Waals surface area contributed by atoms with Gasteiger partial charge in [-0.2, -0.15) is 5.10 Å². The summed E-state index contributed by atoms with van der Waals surface area (Å²) in [5, 5.41) is 9.20. The number of hydrogen-bond donors (Lipinski definition) is 1. The maximum Gasteiger partial charge on any atom is 0.133 e. The molecule has 0 saturated carbocycles. The largest absolute Gasteiger partial charge is 0.369 e. The van der Waals surface area contributed by atoms with Gasteiger partial charge in [0.2, 0.25) is 0 Å². The van der Waals surface area contributed by atoms with Gasteiger partial charge < -0.3 is 5.32 Å². The Bertz CT molecular complexity index is 694. The number of anilines is 1. The minimum Gasteiger partial charge on any atom is -0.369 e. The van der Waals surface area contributed by atoms with Gasteiger partial charge in [-0.15, -0.1) is 0 Å². The fraction of sp³-hybridized carbons (Fsp3) is 0.471. The molecule has 3 heterocycles. The van der Waals surface area contributed by atoms with Gasteiger partial charge in [-0.25, -0.2) is 4.68 Å². The maximum atomic E-state index is 6.39. The van der Waals surface area contributed by atoms with Crippen LogP contribution in [0.15, 0.2) is 24.3 Å². The zero-order chi connectivity index (χ0) is 15.1. The number of hydrogen-bond acceptors (Lipinski definition) is 3. The van der Waals surface area contributed by atoms with E-state index in [1.165, 1.54) is 30.5 Å². The summed E-state index contributed by atoms with van der Waals surface area (Å²) in [6.45, 7) is 2.15. The second-order valence-electron chi connectivity index (χ2n) is 6.24. The van der Waals surface area contributed by atoms with Crippen LogP contribution in [0.25, 0.3) is 5.69 Å². The quantitative estimate of drug-likeness (QED) is 0.918. The van der Waals surface area contributed by atoms with E-state index in [2.05, 4.69) is 17.3 Å². The molecule has 1 aromatic carbocycles. The fourth-order valence-corrected chi connectivity index (χ4v) is 3.90. The number of benzene rings is 1. The van der Waals surface area contributed by atoms with Crippen LogP contribution in [-0.2, 0) is 6.42 Å². The molecular formula is C17H21ClN4. The smallest absolute Gasteiger partial charge is 0.133 e. The van der Waals surface area contributed by atoms with Crippen LogP contribution in [0, 0.1) is 0 Å². The number of likely N-dealkylation sites (tertiary alicyclic amines) is 1. The van der Waals surface area contributed by atoms with E-state index in [-0.39, 0.29) is 0 Å². The minimum absolute atomic E-state index is 0.436. The summed E-state index contributed by atoms with van der Waals surface area (Å²) < 4.78 is 2.00. The summed E-state index contributed by atoms with van der Waals surface area (Å²) in [5.74, 6) is 1.13. The van der Waals surface area contributed by atoms with Crippen molar-refractivity contribution in [2.24, 2.45) is 0 Å². The first-order valence-corrected chi connectivity index (χ1v) is 8.44. The van der Waals surface area contributed by atoms with Crippen LogP contribution in [0.2, 0.25) is 5.02 Å². The monoisotopic (exact) mass is 316 g/mol. The molecular weight excluding hydrogens is 296 g/mol. The van der Waals surface area contributed by atoms with Crippen LogP contribution in [0.5, 0.6) is 0 Å². The highest BCUT2D eigenvalue weighted by atomic mass is 35.5. The molecule has 0 spiro atoms. The van der Waals surface area contributed by atoms with Crippen molar-refractivity contribution in [3.63, 3.8) is 0 Å². The SMILES string of the molecule is CN1CCCCC1c1nn(-c2ccccc2Cl)c2c1CCN2. The van der Waals surface area contributed by atoms with Crippen molar-refractivity contribution in [2.45, 2.75) is 31.7 Å². The van der Waals surface area contributed by atoms with Crippen LogP contribution in [0.1, 0.15) is 36.6 Å². The number of rotatable bonds is 2. The third kappa shape index (κ3) is 2.22. The third-order valence-corrected chi connectivity index (χ3v) is 5.17. The molecule has 22 heavy (non-hydrogen) atoms. The standard InChI is InChI=1S/C17H21ClN4/c1-21-11-5-4-8-15(21)16-12-9-10-19-17(12)22(20-16)14-7-3-2-6-13(14)18/h2-3,6-7,15,19H,4-5,8-11H2,1H3. The molecule has 1 aromatic heterocycles. The number of aromatic nitrogens is 2. The van der Waals surface area contributed by atoms with Gasteiger partial charge in [-0.3, -0.25) is 4.90 Å². The number of fused-ring (bicyclic) bond motifs is 1. The molecule has 4 nitrogen and oxygen atoms in total. The molecule has 1 saturated heterocycles. The van der Waals surface area contributed by atoms with Gasteiger partial charge in [-0.05, 0) is 45.0 Å². The molecule has 0 aliphatic carbocycles. The van der Waals surface area contributed by atoms with Crippen molar-refractivity contribution >= 4 is 17.4 Å². The van der Waals surface area contributed by atoms with Crippen LogP contribution in [0.4, 0.5) is 5.82 Å². The van der Waals surface area contributed by atoms with Crippen molar-refractivity contribution in [1.29, 1.82) is 0 Å². The molecule has 2 aliphatic heterocycles. The lowest BCUT2D eigenvalue weighted by molar-refractivity contribution is 0.182. The molecule has 2 aliphatic rings. The summed E-state index contributed by atoms with van der Waals surface area (Å²) >= 11 is 6.39. The summed E-state index contributed by atoms with van der Waals surface area (Å²) in [6.07, 6.45) is 4.83. The first kappa shape index (κ1) is 14.1. The summed E-state index contributed by atoms with van der Waals surface area (Å²) in [4.78, 5) is 2.45. The van der Waals surface area contributed by atoms with Gasteiger partial charge in [0.1, 0.15) is 5.82 Å². The van der Waals surface area contributed by atoms with Gasteiger partial charge in [0.05, 0.1) is 22.4 Å². The number of piperidine rings is 1. The number of para-hydroxylation sites is 1. The minimum atomic E-state index is 0.436. The van der Waals surface area contributed by atoms with Crippen LogP contribution in [-0.4, -0.2) is 34.8 Å². The zero-order valence-electron chi connectivity index (χ0n) is 12.8. The van der Waals surface area contributed by atoms with E-state index in [0.717, 1.165) is 36.0 Å². The van der Waals surface area contributed by atoms with E-state index >= 15 is 0 Å². The molecule has 2 aromatic rings. The highest BCUT2D eigenvalue weighted by molar-refractivity contribution is 6.32. The van der Waals surface area contributed by atoms with Gasteiger partial charge in [0, 0.05) is 12.1 Å². The van der Waals surface area contributed by atoms with Crippen LogP contribution < -0.4 is 5.32 Å². The number of nitrogens with zero attached hydrogens (tertiary/aromatic N) is 3. The fourth-order valence-electron chi connectivity index (χ4n) is 3.69. The van der Waals surface area contributed by atoms with Crippen molar-refractivity contribution in [2.75, 3.05) is 25.5 Å². The Morgan fingerprint density at radius 2 is 2.14 bits per heavy atom. The van der Waals surface area contributed by atoms with E-state index in [1.807, 2.05) is 28.9 Å². The summed E-state index contributed by atoms with van der Waals surface area (Å²) in [5.41, 5.74) is 3.57. The molecule has 0 bridgehead atoms. The Kier molecular flexibility index (Phi) is 3.59. The van der Waals surface area contributed by atoms with E-state index in [0.29, 0.717) is 6.04 Å². The van der Waals surface area contributed by atoms with E-state index in [4.69, 9.17) is 16.7 Å². The first-order valence-electron chi connectivity index (χ1n) is 8.06. The molecule has 1 fully saturated rings. The molecule has 1 atom stereocenters. The van der Waals surface area contributed by atoms with Crippen molar-refractivity contribution < 1.29 is 0 Å². The van der Waals surface area contributed by atoms with Crippen molar-refractivity contribution in [3.05, 3.63) is 40.5 Å². The Morgan fingerprint density at radius 3 is 2.95 bits per heavy atom. The molecule has 5 heteroatoms. The molecule has 1 unspecified atom stereocenters. The predicted octanol–water partition coefficient (Wildman–Crippen LogP) is 3.65. The number of halogens is 1. The normalized spacial score (nSPS) is 21.6. The molecule has 4 rings (SSSR count).